The highest BCUT2D eigenvalue weighted by atomic mass is 16.1. The first-order valence-electron chi connectivity index (χ1n) is 7.57. The van der Waals surface area contributed by atoms with Crippen molar-refractivity contribution in [2.45, 2.75) is 26.3 Å². The van der Waals surface area contributed by atoms with Crippen LogP contribution in [0.4, 0.5) is 0 Å². The van der Waals surface area contributed by atoms with Crippen LogP contribution in [-0.2, 0) is 6.54 Å². The van der Waals surface area contributed by atoms with Crippen molar-refractivity contribution in [2.24, 2.45) is 11.7 Å². The van der Waals surface area contributed by atoms with Crippen LogP contribution in [0.2, 0.25) is 0 Å². The van der Waals surface area contributed by atoms with Crippen molar-refractivity contribution in [1.82, 2.24) is 14.3 Å². The summed E-state index contributed by atoms with van der Waals surface area (Å²) >= 11 is 0. The predicted molar refractivity (Wildman–Crippen MR) is 83.3 cm³/mol. The van der Waals surface area contributed by atoms with Gasteiger partial charge in [-0.2, -0.15) is 0 Å². The first-order chi connectivity index (χ1) is 10.2. The van der Waals surface area contributed by atoms with Gasteiger partial charge < -0.3 is 5.73 Å². The first kappa shape index (κ1) is 14.2. The smallest absolute Gasteiger partial charge is 0.258 e. The number of aromatic nitrogens is 2. The van der Waals surface area contributed by atoms with Gasteiger partial charge >= 0.3 is 0 Å². The third-order valence-electron chi connectivity index (χ3n) is 4.30. The molecule has 0 radical (unpaired) electrons. The molecule has 0 atom stereocenters. The summed E-state index contributed by atoms with van der Waals surface area (Å²) in [6, 6.07) is 5.52. The van der Waals surface area contributed by atoms with Gasteiger partial charge in [0.05, 0.1) is 5.69 Å². The Morgan fingerprint density at radius 3 is 2.81 bits per heavy atom. The van der Waals surface area contributed by atoms with E-state index in [1.807, 2.05) is 19.1 Å². The van der Waals surface area contributed by atoms with Crippen LogP contribution in [0, 0.1) is 12.8 Å². The zero-order valence-corrected chi connectivity index (χ0v) is 12.5. The molecule has 0 aliphatic carbocycles. The third-order valence-corrected chi connectivity index (χ3v) is 4.30. The maximum Gasteiger partial charge on any atom is 0.258 e. The number of rotatable bonds is 3. The molecular formula is C16H22N4O. The number of hydrogen-bond donors (Lipinski definition) is 1. The second-order valence-electron chi connectivity index (χ2n) is 5.97. The molecule has 3 rings (SSSR count). The molecule has 1 aliphatic rings. The molecule has 0 bridgehead atoms. The first-order valence-corrected chi connectivity index (χ1v) is 7.57. The molecule has 0 amide bonds. The van der Waals surface area contributed by atoms with Gasteiger partial charge in [0.1, 0.15) is 5.65 Å². The molecule has 0 spiro atoms. The zero-order valence-electron chi connectivity index (χ0n) is 12.5. The minimum Gasteiger partial charge on any atom is -0.330 e. The second kappa shape index (κ2) is 5.95. The normalized spacial score (nSPS) is 17.4. The van der Waals surface area contributed by atoms with Gasteiger partial charge in [-0.05, 0) is 63.0 Å². The lowest BCUT2D eigenvalue weighted by Gasteiger charge is -2.30. The van der Waals surface area contributed by atoms with E-state index in [2.05, 4.69) is 9.88 Å². The van der Waals surface area contributed by atoms with Crippen molar-refractivity contribution in [3.8, 4) is 0 Å². The van der Waals surface area contributed by atoms with Gasteiger partial charge in [0.25, 0.3) is 5.56 Å². The van der Waals surface area contributed by atoms with Gasteiger partial charge in [0.2, 0.25) is 0 Å². The summed E-state index contributed by atoms with van der Waals surface area (Å²) in [5.74, 6) is 0.652. The number of aryl methyl sites for hydroxylation is 1. The van der Waals surface area contributed by atoms with Gasteiger partial charge in [-0.1, -0.05) is 0 Å². The van der Waals surface area contributed by atoms with E-state index < -0.39 is 0 Å². The minimum absolute atomic E-state index is 0.00755. The standard InChI is InChI=1S/C16H22N4O/c1-12-2-7-20-15(8-12)18-14(9-16(20)21)11-19-5-3-13(10-17)4-6-19/h2,7-9,13H,3-6,10-11,17H2,1H3. The molecule has 2 aromatic rings. The summed E-state index contributed by atoms with van der Waals surface area (Å²) in [7, 11) is 0. The Hall–Kier alpha value is -1.72. The Balaban J connectivity index is 1.80. The molecule has 1 aliphatic heterocycles. The van der Waals surface area contributed by atoms with E-state index in [4.69, 9.17) is 5.73 Å². The molecule has 0 unspecified atom stereocenters. The van der Waals surface area contributed by atoms with Gasteiger partial charge in [0, 0.05) is 18.8 Å². The maximum atomic E-state index is 12.1. The second-order valence-corrected chi connectivity index (χ2v) is 5.97. The number of piperidine rings is 1. The quantitative estimate of drug-likeness (QED) is 0.920. The van der Waals surface area contributed by atoms with E-state index in [1.54, 1.807) is 16.7 Å². The zero-order chi connectivity index (χ0) is 14.8. The summed E-state index contributed by atoms with van der Waals surface area (Å²) in [6.07, 6.45) is 4.07. The van der Waals surface area contributed by atoms with Crippen LogP contribution in [0.25, 0.3) is 5.65 Å². The Kier molecular flexibility index (Phi) is 4.03. The van der Waals surface area contributed by atoms with Crippen LogP contribution in [-0.4, -0.2) is 33.9 Å². The van der Waals surface area contributed by atoms with Crippen molar-refractivity contribution >= 4 is 5.65 Å². The summed E-state index contributed by atoms with van der Waals surface area (Å²) in [6.45, 7) is 5.61. The van der Waals surface area contributed by atoms with E-state index >= 15 is 0 Å². The van der Waals surface area contributed by atoms with Gasteiger partial charge in [-0.15, -0.1) is 0 Å². The predicted octanol–water partition coefficient (Wildman–Crippen LogP) is 1.17. The van der Waals surface area contributed by atoms with Crippen LogP contribution in [0.15, 0.2) is 29.2 Å². The fourth-order valence-corrected chi connectivity index (χ4v) is 2.94. The Morgan fingerprint density at radius 2 is 2.10 bits per heavy atom. The van der Waals surface area contributed by atoms with Crippen LogP contribution >= 0.6 is 0 Å². The van der Waals surface area contributed by atoms with Crippen LogP contribution in [0.1, 0.15) is 24.1 Å². The SMILES string of the molecule is Cc1ccn2c(=O)cc(CN3CCC(CN)CC3)nc2c1. The molecule has 21 heavy (non-hydrogen) atoms. The van der Waals surface area contributed by atoms with Crippen molar-refractivity contribution in [1.29, 1.82) is 0 Å². The highest BCUT2D eigenvalue weighted by molar-refractivity contribution is 5.41. The molecule has 0 saturated carbocycles. The van der Waals surface area contributed by atoms with E-state index in [1.165, 1.54) is 0 Å². The lowest BCUT2D eigenvalue weighted by Crippen LogP contribution is -2.36. The number of nitrogens with zero attached hydrogens (tertiary/aromatic N) is 3. The summed E-state index contributed by atoms with van der Waals surface area (Å²) in [5.41, 5.74) is 8.42. The fourth-order valence-electron chi connectivity index (χ4n) is 2.94. The molecule has 2 aromatic heterocycles. The Bertz CT molecular complexity index is 686. The number of hydrogen-bond acceptors (Lipinski definition) is 4. The number of likely N-dealkylation sites (tertiary alicyclic amines) is 1. The maximum absolute atomic E-state index is 12.1. The highest BCUT2D eigenvalue weighted by Crippen LogP contribution is 2.17. The van der Waals surface area contributed by atoms with E-state index in [0.29, 0.717) is 5.92 Å². The largest absolute Gasteiger partial charge is 0.330 e. The minimum atomic E-state index is -0.00755. The van der Waals surface area contributed by atoms with Crippen LogP contribution < -0.4 is 11.3 Å². The molecule has 0 aromatic carbocycles. The van der Waals surface area contributed by atoms with Crippen LogP contribution in [0.5, 0.6) is 0 Å². The topological polar surface area (TPSA) is 63.6 Å². The molecule has 112 valence electrons. The average molecular weight is 286 g/mol. The van der Waals surface area contributed by atoms with Gasteiger partial charge in [-0.25, -0.2) is 4.98 Å². The third kappa shape index (κ3) is 3.14. The van der Waals surface area contributed by atoms with Crippen LogP contribution in [0.3, 0.4) is 0 Å². The van der Waals surface area contributed by atoms with Crippen molar-refractivity contribution in [2.75, 3.05) is 19.6 Å². The van der Waals surface area contributed by atoms with Crippen molar-refractivity contribution in [3.05, 3.63) is 46.0 Å². The molecular weight excluding hydrogens is 264 g/mol. The summed E-state index contributed by atoms with van der Waals surface area (Å²) in [5, 5.41) is 0. The fraction of sp³-hybridized carbons (Fsp3) is 0.500. The number of fused-ring (bicyclic) bond motifs is 1. The molecule has 2 N–H and O–H groups in total. The number of pyridine rings is 1. The monoisotopic (exact) mass is 286 g/mol. The van der Waals surface area contributed by atoms with E-state index in [0.717, 1.165) is 55.9 Å². The Labute approximate surface area is 124 Å². The number of nitrogens with two attached hydrogens (primary N) is 1. The van der Waals surface area contributed by atoms with Crippen molar-refractivity contribution in [3.63, 3.8) is 0 Å². The lowest BCUT2D eigenvalue weighted by atomic mass is 9.97. The molecule has 5 heteroatoms. The summed E-state index contributed by atoms with van der Waals surface area (Å²) in [4.78, 5) is 19.1. The highest BCUT2D eigenvalue weighted by Gasteiger charge is 2.18. The average Bonchev–Trinajstić information content (AvgIpc) is 2.47. The van der Waals surface area contributed by atoms with Crippen molar-refractivity contribution < 1.29 is 0 Å². The van der Waals surface area contributed by atoms with E-state index in [-0.39, 0.29) is 5.56 Å². The molecule has 3 heterocycles. The Morgan fingerprint density at radius 1 is 1.33 bits per heavy atom. The van der Waals surface area contributed by atoms with E-state index in [9.17, 15) is 4.79 Å². The molecule has 1 fully saturated rings. The lowest BCUT2D eigenvalue weighted by molar-refractivity contribution is 0.179. The summed E-state index contributed by atoms with van der Waals surface area (Å²) < 4.78 is 1.59. The van der Waals surface area contributed by atoms with Gasteiger partial charge in [-0.3, -0.25) is 14.1 Å². The molecule has 5 nitrogen and oxygen atoms in total. The molecule has 1 saturated heterocycles. The van der Waals surface area contributed by atoms with Gasteiger partial charge in [0.15, 0.2) is 0 Å².